The number of pyridine rings is 1. The largest absolute Gasteiger partial charge is 0.488 e. The first kappa shape index (κ1) is 15.9. The molecule has 5 heteroatoms. The quantitative estimate of drug-likeness (QED) is 0.420. The molecule has 0 radical (unpaired) electrons. The fourth-order valence-corrected chi connectivity index (χ4v) is 3.91. The molecule has 2 aromatic carbocycles. The van der Waals surface area contributed by atoms with E-state index in [9.17, 15) is 0 Å². The van der Waals surface area contributed by atoms with Crippen molar-refractivity contribution in [2.75, 3.05) is 0 Å². The Hall–Kier alpha value is -3.31. The van der Waals surface area contributed by atoms with Gasteiger partial charge in [0.2, 0.25) is 0 Å². The number of thiophene rings is 1. The Balaban J connectivity index is 1.48. The molecular weight excluding hydrogens is 354 g/mol. The fraction of sp³-hybridized carbons (Fsp3) is 0.0455. The van der Waals surface area contributed by atoms with E-state index in [4.69, 9.17) is 9.72 Å². The monoisotopic (exact) mass is 369 g/mol. The number of ether oxygens (including phenoxy) is 1. The van der Waals surface area contributed by atoms with E-state index < -0.39 is 0 Å². The second-order valence-electron chi connectivity index (χ2n) is 6.15. The van der Waals surface area contributed by atoms with Crippen LogP contribution in [0.25, 0.3) is 32.5 Å². The van der Waals surface area contributed by atoms with Crippen molar-refractivity contribution in [3.63, 3.8) is 0 Å². The standard InChI is InChI=1S/C22H15N3OS/c1-2-6-15(7-3-1)22-24-12-20-21(25-22)16(14-27-20)13-26-19-10-4-9-18-17(19)8-5-11-23-18/h1-12,14H,13H2. The molecule has 3 heterocycles. The number of hydrogen-bond acceptors (Lipinski definition) is 5. The summed E-state index contributed by atoms with van der Waals surface area (Å²) in [5.41, 5.74) is 3.96. The van der Waals surface area contributed by atoms with Gasteiger partial charge in [-0.05, 0) is 24.3 Å². The Kier molecular flexibility index (Phi) is 3.99. The minimum Gasteiger partial charge on any atom is -0.488 e. The molecule has 0 spiro atoms. The summed E-state index contributed by atoms with van der Waals surface area (Å²) >= 11 is 1.64. The normalized spacial score (nSPS) is 11.1. The van der Waals surface area contributed by atoms with Gasteiger partial charge in [0.1, 0.15) is 12.4 Å². The van der Waals surface area contributed by atoms with Crippen LogP contribution in [0.3, 0.4) is 0 Å². The first-order valence-corrected chi connectivity index (χ1v) is 9.51. The molecule has 0 saturated heterocycles. The second kappa shape index (κ2) is 6.78. The van der Waals surface area contributed by atoms with Crippen LogP contribution in [-0.2, 0) is 6.61 Å². The van der Waals surface area contributed by atoms with Crippen LogP contribution in [0.2, 0.25) is 0 Å². The molecule has 27 heavy (non-hydrogen) atoms. The van der Waals surface area contributed by atoms with Gasteiger partial charge in [-0.3, -0.25) is 4.98 Å². The average Bonchev–Trinajstić information content (AvgIpc) is 3.15. The van der Waals surface area contributed by atoms with E-state index in [0.717, 1.165) is 43.8 Å². The number of hydrogen-bond donors (Lipinski definition) is 0. The summed E-state index contributed by atoms with van der Waals surface area (Å²) in [7, 11) is 0. The van der Waals surface area contributed by atoms with E-state index >= 15 is 0 Å². The molecule has 5 aromatic rings. The van der Waals surface area contributed by atoms with E-state index in [2.05, 4.69) is 15.3 Å². The molecule has 5 rings (SSSR count). The summed E-state index contributed by atoms with van der Waals surface area (Å²) in [5, 5.41) is 3.11. The highest BCUT2D eigenvalue weighted by molar-refractivity contribution is 7.17. The van der Waals surface area contributed by atoms with E-state index in [1.807, 2.05) is 66.9 Å². The summed E-state index contributed by atoms with van der Waals surface area (Å²) in [6, 6.07) is 19.9. The lowest BCUT2D eigenvalue weighted by molar-refractivity contribution is 0.311. The van der Waals surface area contributed by atoms with Crippen molar-refractivity contribution >= 4 is 32.5 Å². The van der Waals surface area contributed by atoms with Gasteiger partial charge in [0.25, 0.3) is 0 Å². The lowest BCUT2D eigenvalue weighted by atomic mass is 10.2. The Bertz CT molecular complexity index is 1230. The topological polar surface area (TPSA) is 47.9 Å². The molecule has 3 aromatic heterocycles. The van der Waals surface area contributed by atoms with Gasteiger partial charge in [0, 0.05) is 34.3 Å². The molecule has 0 saturated carbocycles. The van der Waals surface area contributed by atoms with Crippen molar-refractivity contribution in [2.24, 2.45) is 0 Å². The third-order valence-corrected chi connectivity index (χ3v) is 5.36. The second-order valence-corrected chi connectivity index (χ2v) is 7.06. The maximum Gasteiger partial charge on any atom is 0.159 e. The average molecular weight is 369 g/mol. The highest BCUT2D eigenvalue weighted by atomic mass is 32.1. The fourth-order valence-electron chi connectivity index (χ4n) is 3.06. The minimum atomic E-state index is 0.458. The zero-order chi connectivity index (χ0) is 18.1. The van der Waals surface area contributed by atoms with Crippen molar-refractivity contribution in [3.8, 4) is 17.1 Å². The zero-order valence-corrected chi connectivity index (χ0v) is 15.2. The molecule has 0 N–H and O–H groups in total. The van der Waals surface area contributed by atoms with Gasteiger partial charge in [-0.15, -0.1) is 11.3 Å². The van der Waals surface area contributed by atoms with Gasteiger partial charge in [0.15, 0.2) is 5.82 Å². The molecule has 0 amide bonds. The maximum atomic E-state index is 6.12. The first-order valence-electron chi connectivity index (χ1n) is 8.63. The Morgan fingerprint density at radius 1 is 0.889 bits per heavy atom. The van der Waals surface area contributed by atoms with E-state index in [1.165, 1.54) is 0 Å². The predicted octanol–water partition coefficient (Wildman–Crippen LogP) is 5.49. The van der Waals surface area contributed by atoms with Gasteiger partial charge >= 0.3 is 0 Å². The lowest BCUT2D eigenvalue weighted by Gasteiger charge is -2.08. The van der Waals surface area contributed by atoms with Crippen LogP contribution in [0, 0.1) is 0 Å². The van der Waals surface area contributed by atoms with E-state index in [1.54, 1.807) is 17.5 Å². The van der Waals surface area contributed by atoms with Crippen molar-refractivity contribution < 1.29 is 4.74 Å². The molecule has 0 atom stereocenters. The van der Waals surface area contributed by atoms with Gasteiger partial charge in [-0.1, -0.05) is 36.4 Å². The highest BCUT2D eigenvalue weighted by Gasteiger charge is 2.11. The summed E-state index contributed by atoms with van der Waals surface area (Å²) in [5.74, 6) is 1.56. The molecule has 0 aliphatic rings. The highest BCUT2D eigenvalue weighted by Crippen LogP contribution is 2.29. The number of rotatable bonds is 4. The van der Waals surface area contributed by atoms with Crippen LogP contribution in [0.5, 0.6) is 5.75 Å². The SMILES string of the molecule is c1ccc(-c2ncc3scc(COc4cccc5ncccc45)c3n2)cc1. The summed E-state index contributed by atoms with van der Waals surface area (Å²) in [6.45, 7) is 0.458. The van der Waals surface area contributed by atoms with Crippen LogP contribution in [-0.4, -0.2) is 15.0 Å². The third-order valence-electron chi connectivity index (χ3n) is 4.41. The van der Waals surface area contributed by atoms with Crippen LogP contribution in [0.1, 0.15) is 5.56 Å². The van der Waals surface area contributed by atoms with E-state index in [-0.39, 0.29) is 0 Å². The number of nitrogens with zero attached hydrogens (tertiary/aromatic N) is 3. The van der Waals surface area contributed by atoms with Crippen LogP contribution < -0.4 is 4.74 Å². The van der Waals surface area contributed by atoms with Crippen molar-refractivity contribution in [2.45, 2.75) is 6.61 Å². The molecule has 4 nitrogen and oxygen atoms in total. The first-order chi connectivity index (χ1) is 13.4. The van der Waals surface area contributed by atoms with Crippen LogP contribution in [0.15, 0.2) is 78.4 Å². The number of fused-ring (bicyclic) bond motifs is 2. The summed E-state index contributed by atoms with van der Waals surface area (Å²) < 4.78 is 7.19. The number of aromatic nitrogens is 3. The van der Waals surface area contributed by atoms with Crippen molar-refractivity contribution in [3.05, 3.63) is 84.0 Å². The molecule has 0 bridgehead atoms. The predicted molar refractivity (Wildman–Crippen MR) is 109 cm³/mol. The van der Waals surface area contributed by atoms with Gasteiger partial charge in [-0.25, -0.2) is 9.97 Å². The molecule has 0 unspecified atom stereocenters. The molecule has 0 fully saturated rings. The minimum absolute atomic E-state index is 0.458. The summed E-state index contributed by atoms with van der Waals surface area (Å²) in [4.78, 5) is 13.7. The summed E-state index contributed by atoms with van der Waals surface area (Å²) in [6.07, 6.45) is 3.68. The molecule has 0 aliphatic heterocycles. The zero-order valence-electron chi connectivity index (χ0n) is 14.4. The number of benzene rings is 2. The van der Waals surface area contributed by atoms with Crippen molar-refractivity contribution in [1.29, 1.82) is 0 Å². The molecule has 130 valence electrons. The van der Waals surface area contributed by atoms with Gasteiger partial charge in [0.05, 0.1) is 15.7 Å². The van der Waals surface area contributed by atoms with Crippen molar-refractivity contribution in [1.82, 2.24) is 15.0 Å². The maximum absolute atomic E-state index is 6.12. The van der Waals surface area contributed by atoms with Gasteiger partial charge < -0.3 is 4.74 Å². The Morgan fingerprint density at radius 2 is 1.81 bits per heavy atom. The smallest absolute Gasteiger partial charge is 0.159 e. The molecule has 0 aliphatic carbocycles. The van der Waals surface area contributed by atoms with Crippen LogP contribution >= 0.6 is 11.3 Å². The third kappa shape index (κ3) is 3.02. The lowest BCUT2D eigenvalue weighted by Crippen LogP contribution is -1.97. The van der Waals surface area contributed by atoms with Crippen LogP contribution in [0.4, 0.5) is 0 Å². The van der Waals surface area contributed by atoms with E-state index in [0.29, 0.717) is 6.61 Å². The molecular formula is C22H15N3OS. The Morgan fingerprint density at radius 3 is 2.74 bits per heavy atom. The Labute approximate surface area is 160 Å². The van der Waals surface area contributed by atoms with Gasteiger partial charge in [-0.2, -0.15) is 0 Å².